The van der Waals surface area contributed by atoms with E-state index in [1.54, 1.807) is 24.5 Å². The van der Waals surface area contributed by atoms with E-state index in [1.807, 2.05) is 120 Å². The van der Waals surface area contributed by atoms with E-state index in [4.69, 9.17) is 28.9 Å². The van der Waals surface area contributed by atoms with Crippen LogP contribution in [-0.2, 0) is 27.8 Å². The molecule has 5 aliphatic heterocycles. The molecule has 6 atom stereocenters. The molecular formula is C67H84FN13O8. The smallest absolute Gasteiger partial charge is 0.410 e. The number of amides is 3. The fourth-order valence-corrected chi connectivity index (χ4v) is 14.1. The third kappa shape index (κ3) is 13.0. The molecule has 472 valence electrons. The fraction of sp³-hybridized carbons (Fsp3) is 0.522. The maximum Gasteiger partial charge on any atom is 0.410 e. The number of β-amino-alcohol motifs (C(OH)–C–C–N with tert-alkyl or cyclic N) is 1. The molecule has 3 N–H and O–H groups in total. The Balaban J connectivity index is 0.650. The van der Waals surface area contributed by atoms with Gasteiger partial charge in [0.2, 0.25) is 11.8 Å². The molecule has 0 spiro atoms. The summed E-state index contributed by atoms with van der Waals surface area (Å²) in [7, 11) is 1.89. The highest BCUT2D eigenvalue weighted by molar-refractivity contribution is 6.02. The normalized spacial score (nSPS) is 21.1. The van der Waals surface area contributed by atoms with Gasteiger partial charge in [-0.2, -0.15) is 15.1 Å². The second-order valence-electron chi connectivity index (χ2n) is 26.4. The number of benzene rings is 3. The lowest BCUT2D eigenvalue weighted by atomic mass is 9.91. The number of pyridine rings is 1. The van der Waals surface area contributed by atoms with Crippen LogP contribution in [0.3, 0.4) is 0 Å². The van der Waals surface area contributed by atoms with E-state index in [2.05, 4.69) is 35.2 Å². The number of nitrogens with one attached hydrogen (secondary N) is 1. The third-order valence-corrected chi connectivity index (χ3v) is 18.8. The van der Waals surface area contributed by atoms with Crippen molar-refractivity contribution in [3.05, 3.63) is 102 Å². The molecule has 12 rings (SSSR count). The van der Waals surface area contributed by atoms with Gasteiger partial charge >= 0.3 is 12.1 Å². The van der Waals surface area contributed by atoms with Gasteiger partial charge < -0.3 is 44.2 Å². The van der Waals surface area contributed by atoms with E-state index in [0.29, 0.717) is 66.9 Å². The molecule has 3 amide bonds. The molecule has 89 heavy (non-hydrogen) atoms. The first-order valence-electron chi connectivity index (χ1n) is 31.8. The van der Waals surface area contributed by atoms with Gasteiger partial charge in [0.1, 0.15) is 46.9 Å². The molecule has 7 aromatic rings. The number of aromatic hydroxyl groups is 1. The highest BCUT2D eigenvalue weighted by Gasteiger charge is 2.46. The van der Waals surface area contributed by atoms with E-state index in [9.17, 15) is 24.6 Å². The number of aryl methyl sites for hydroxylation is 2. The lowest BCUT2D eigenvalue weighted by molar-refractivity contribution is -0.141. The number of likely N-dealkylation sites (tertiary alicyclic amines) is 2. The van der Waals surface area contributed by atoms with Crippen molar-refractivity contribution in [2.75, 3.05) is 88.4 Å². The van der Waals surface area contributed by atoms with Gasteiger partial charge in [-0.05, 0) is 130 Å². The van der Waals surface area contributed by atoms with Crippen LogP contribution in [0.25, 0.3) is 44.2 Å². The molecule has 9 heterocycles. The predicted molar refractivity (Wildman–Crippen MR) is 337 cm³/mol. The van der Waals surface area contributed by atoms with Gasteiger partial charge in [-0.1, -0.05) is 68.4 Å². The third-order valence-electron chi connectivity index (χ3n) is 18.8. The monoisotopic (exact) mass is 1220 g/mol. The Labute approximate surface area is 519 Å². The van der Waals surface area contributed by atoms with E-state index in [0.717, 1.165) is 105 Å². The first kappa shape index (κ1) is 61.3. The van der Waals surface area contributed by atoms with Crippen LogP contribution in [0.2, 0.25) is 0 Å². The van der Waals surface area contributed by atoms with Crippen LogP contribution in [0, 0.1) is 17.7 Å². The van der Waals surface area contributed by atoms with Crippen LogP contribution in [0.4, 0.5) is 20.8 Å². The molecule has 0 radical (unpaired) electrons. The predicted octanol–water partition coefficient (Wildman–Crippen LogP) is 8.72. The summed E-state index contributed by atoms with van der Waals surface area (Å²) in [5.41, 5.74) is 3.92. The lowest BCUT2D eigenvalue weighted by Gasteiger charge is -2.42. The molecule has 5 saturated heterocycles. The highest BCUT2D eigenvalue weighted by atomic mass is 19.1. The zero-order chi connectivity index (χ0) is 62.4. The van der Waals surface area contributed by atoms with Crippen molar-refractivity contribution in [2.24, 2.45) is 18.9 Å². The van der Waals surface area contributed by atoms with Crippen LogP contribution >= 0.6 is 0 Å². The molecule has 3 aromatic carbocycles. The number of phenolic OH excluding ortho intramolecular Hbond substituents is 1. The van der Waals surface area contributed by atoms with Crippen LogP contribution in [-0.4, -0.2) is 186 Å². The number of aromatic nitrogens is 6. The number of aliphatic hydroxyl groups is 1. The van der Waals surface area contributed by atoms with Crippen molar-refractivity contribution in [2.45, 2.75) is 129 Å². The maximum atomic E-state index is 17.4. The fourth-order valence-electron chi connectivity index (χ4n) is 14.1. The Morgan fingerprint density at radius 3 is 2.30 bits per heavy atom. The SMILES string of the molecule is CCc1cccc2cc(O)cc(-c3ncc4c(N5CC6CCC(C5)N6C(=O)OC(C)(C)C)nc(OCCN5CCC(CN6CCN(c7cc([C@H](C(=O)N8C[C@H](O)C[C@H]8C(=O)N[C@@H](C)c8ccc(-c9ccnn9C)cc8)C(C)C)on7)CC6)CC5)nc4c3F)c12. The minimum absolute atomic E-state index is 0.00931. The summed E-state index contributed by atoms with van der Waals surface area (Å²) in [5, 5.41) is 35.6. The number of rotatable bonds is 17. The molecule has 2 bridgehead atoms. The van der Waals surface area contributed by atoms with Crippen molar-refractivity contribution in [3.63, 3.8) is 0 Å². The number of aliphatic hydroxyl groups excluding tert-OH is 1. The van der Waals surface area contributed by atoms with Crippen LogP contribution in [0.15, 0.2) is 83.6 Å². The van der Waals surface area contributed by atoms with Gasteiger partial charge in [0.05, 0.1) is 35.3 Å². The first-order valence-corrected chi connectivity index (χ1v) is 31.8. The summed E-state index contributed by atoms with van der Waals surface area (Å²) < 4.78 is 37.4. The van der Waals surface area contributed by atoms with Gasteiger partial charge in [-0.3, -0.25) is 34.0 Å². The second kappa shape index (κ2) is 25.5. The number of ether oxygens (including phenoxy) is 2. The van der Waals surface area contributed by atoms with Crippen LogP contribution in [0.5, 0.6) is 11.8 Å². The zero-order valence-electron chi connectivity index (χ0n) is 52.4. The van der Waals surface area contributed by atoms with Crippen molar-refractivity contribution in [3.8, 4) is 34.3 Å². The minimum Gasteiger partial charge on any atom is -0.508 e. The summed E-state index contributed by atoms with van der Waals surface area (Å²) in [4.78, 5) is 68.9. The van der Waals surface area contributed by atoms with E-state index >= 15 is 4.39 Å². The topological polar surface area (TPSA) is 224 Å². The summed E-state index contributed by atoms with van der Waals surface area (Å²) in [6.07, 6.45) is 6.76. The zero-order valence-corrected chi connectivity index (χ0v) is 52.4. The number of anilines is 2. The summed E-state index contributed by atoms with van der Waals surface area (Å²) in [6, 6.07) is 19.5. The highest BCUT2D eigenvalue weighted by Crippen LogP contribution is 2.41. The number of phenols is 1. The largest absolute Gasteiger partial charge is 0.508 e. The lowest BCUT2D eigenvalue weighted by Crippen LogP contribution is -2.57. The summed E-state index contributed by atoms with van der Waals surface area (Å²) in [5.74, 6) is 0.0907. The molecule has 5 aliphatic rings. The molecular weight excluding hydrogens is 1130 g/mol. The van der Waals surface area contributed by atoms with Gasteiger partial charge in [0.25, 0.3) is 0 Å². The number of fused-ring (bicyclic) bond motifs is 4. The average Bonchev–Trinajstić information content (AvgIpc) is 1.65. The average molecular weight is 1220 g/mol. The summed E-state index contributed by atoms with van der Waals surface area (Å²) in [6.45, 7) is 21.5. The van der Waals surface area contributed by atoms with Gasteiger partial charge in [0.15, 0.2) is 17.4 Å². The molecule has 22 heteroatoms. The number of piperidine rings is 1. The van der Waals surface area contributed by atoms with Crippen LogP contribution < -0.4 is 19.9 Å². The number of carbonyl (C=O) groups excluding carboxylic acids is 3. The van der Waals surface area contributed by atoms with Gasteiger partial charge in [-0.15, -0.1) is 0 Å². The Hall–Kier alpha value is -7.95. The van der Waals surface area contributed by atoms with Crippen LogP contribution in [0.1, 0.15) is 109 Å². The Morgan fingerprint density at radius 1 is 0.876 bits per heavy atom. The molecule has 0 aliphatic carbocycles. The second-order valence-corrected chi connectivity index (χ2v) is 26.4. The van der Waals surface area contributed by atoms with E-state index in [-0.39, 0.29) is 77.9 Å². The van der Waals surface area contributed by atoms with Crippen molar-refractivity contribution >= 4 is 51.2 Å². The molecule has 21 nitrogen and oxygen atoms in total. The van der Waals surface area contributed by atoms with Crippen molar-refractivity contribution in [1.82, 2.24) is 54.8 Å². The first-order chi connectivity index (χ1) is 42.8. The van der Waals surface area contributed by atoms with E-state index in [1.165, 1.54) is 4.90 Å². The van der Waals surface area contributed by atoms with Gasteiger partial charge in [-0.25, -0.2) is 9.18 Å². The Morgan fingerprint density at radius 2 is 1.62 bits per heavy atom. The number of hydrogen-bond donors (Lipinski definition) is 3. The summed E-state index contributed by atoms with van der Waals surface area (Å²) >= 11 is 0. The number of hydrogen-bond acceptors (Lipinski definition) is 17. The Bertz CT molecular complexity index is 3690. The molecule has 2 unspecified atom stereocenters. The maximum absolute atomic E-state index is 17.4. The minimum atomic E-state index is -0.835. The number of halogens is 1. The number of piperazine rings is 2. The van der Waals surface area contributed by atoms with Crippen molar-refractivity contribution in [1.29, 1.82) is 0 Å². The quantitative estimate of drug-likeness (QED) is 0.0775. The standard InChI is InChI=1S/C67H84FN13O8/c1-9-43-11-10-12-46-31-49(82)32-51(58(43)46)60-59(68)61-52(35-69-60)62(79-37-47-17-18-48(38-79)81(47)66(86)88-67(5,6)7)73-65(72-61)87-30-29-76-23-20-42(21-24-76)36-77-25-27-78(28-26-77)56-34-55(89-74-56)57(40(2)3)64(85)80-39-50(83)33-54(80)63(84)71-41(4)44-13-15-45(16-14-44)53-19-22-70-75(53)8/h10-16,19,22,31-32,34-35,40-42,47-48,50,54,57,82-83H,9,17-18,20-21,23-30,33,36-39H2,1-8H3,(H,71,84)/t41-,47?,48?,50+,54-,57+/m0/s1. The molecule has 5 fully saturated rings. The van der Waals surface area contributed by atoms with Crippen molar-refractivity contribution < 1.29 is 43.0 Å². The molecule has 4 aromatic heterocycles. The van der Waals surface area contributed by atoms with Gasteiger partial charge in [0, 0.05) is 96.4 Å². The number of carbonyl (C=O) groups is 3. The molecule has 0 saturated carbocycles. The number of nitrogens with zero attached hydrogens (tertiary/aromatic N) is 12. The van der Waals surface area contributed by atoms with E-state index < -0.39 is 29.5 Å². The Kier molecular flexibility index (Phi) is 17.6.